The van der Waals surface area contributed by atoms with Gasteiger partial charge in [0.2, 0.25) is 5.78 Å². The fraction of sp³-hybridized carbons (Fsp3) is 0.292. The molecule has 2 aromatic carbocycles. The number of ether oxygens (including phenoxy) is 2. The van der Waals surface area contributed by atoms with Crippen LogP contribution in [-0.2, 0) is 6.54 Å². The molecular formula is C24H25N3O3. The molecule has 1 aromatic heterocycles. The van der Waals surface area contributed by atoms with Crippen LogP contribution in [0, 0.1) is 0 Å². The van der Waals surface area contributed by atoms with Gasteiger partial charge >= 0.3 is 0 Å². The number of aromatic nitrogens is 1. The van der Waals surface area contributed by atoms with Gasteiger partial charge in [0.05, 0.1) is 17.7 Å². The number of hydrogen-bond acceptors (Lipinski definition) is 5. The highest BCUT2D eigenvalue weighted by Crippen LogP contribution is 2.41. The molecule has 1 saturated heterocycles. The van der Waals surface area contributed by atoms with Crippen molar-refractivity contribution in [3.05, 3.63) is 65.0 Å². The van der Waals surface area contributed by atoms with Gasteiger partial charge < -0.3 is 19.8 Å². The maximum absolute atomic E-state index is 13.1. The third-order valence-electron chi connectivity index (χ3n) is 5.70. The molecule has 154 valence electrons. The third kappa shape index (κ3) is 3.38. The smallest absolute Gasteiger partial charge is 0.231 e. The van der Waals surface area contributed by atoms with E-state index in [0.29, 0.717) is 30.2 Å². The molecule has 3 aromatic rings. The van der Waals surface area contributed by atoms with Crippen molar-refractivity contribution in [2.24, 2.45) is 0 Å². The molecule has 0 amide bonds. The van der Waals surface area contributed by atoms with Gasteiger partial charge in [-0.25, -0.2) is 0 Å². The molecule has 2 aliphatic rings. The first-order valence-corrected chi connectivity index (χ1v) is 10.5. The normalized spacial score (nSPS) is 18.0. The number of hydrogen-bond donors (Lipinski definition) is 2. The maximum atomic E-state index is 13.1. The van der Waals surface area contributed by atoms with E-state index in [1.165, 1.54) is 0 Å². The number of piperazine rings is 1. The van der Waals surface area contributed by atoms with E-state index >= 15 is 0 Å². The van der Waals surface area contributed by atoms with Gasteiger partial charge in [-0.3, -0.25) is 9.69 Å². The van der Waals surface area contributed by atoms with Crippen LogP contribution < -0.4 is 14.8 Å². The molecule has 6 heteroatoms. The first-order chi connectivity index (χ1) is 14.7. The molecule has 6 nitrogen and oxygen atoms in total. The monoisotopic (exact) mass is 403 g/mol. The van der Waals surface area contributed by atoms with Gasteiger partial charge in [0, 0.05) is 55.4 Å². The molecule has 3 heterocycles. The van der Waals surface area contributed by atoms with Gasteiger partial charge in [-0.2, -0.15) is 0 Å². The third-order valence-corrected chi connectivity index (χ3v) is 5.70. The summed E-state index contributed by atoms with van der Waals surface area (Å²) < 4.78 is 12.1. The number of rotatable bonds is 5. The lowest BCUT2D eigenvalue weighted by Crippen LogP contribution is -2.43. The SMILES string of the molecule is CCOc1ccc2c(c1CN1CCNCC1)O/C(=C\c1c[nH]c3ccccc13)C2=O. The standard InChI is InChI=1S/C24H25N3O3/c1-2-29-21-8-7-18-23(28)22(13-16-14-26-20-6-4-3-5-17(16)20)30-24(18)19(21)15-27-11-9-25-10-12-27/h3-8,13-14,25-26H,2,9-12,15H2,1H3/b22-13-. The molecule has 2 N–H and O–H groups in total. The number of allylic oxidation sites excluding steroid dienone is 1. The van der Waals surface area contributed by atoms with Crippen molar-refractivity contribution in [2.75, 3.05) is 32.8 Å². The molecule has 0 spiro atoms. The highest BCUT2D eigenvalue weighted by atomic mass is 16.5. The van der Waals surface area contributed by atoms with Crippen LogP contribution in [0.2, 0.25) is 0 Å². The topological polar surface area (TPSA) is 66.6 Å². The number of carbonyl (C=O) groups is 1. The first-order valence-electron chi connectivity index (χ1n) is 10.5. The zero-order valence-corrected chi connectivity index (χ0v) is 17.0. The zero-order valence-electron chi connectivity index (χ0n) is 17.0. The average molecular weight is 403 g/mol. The van der Waals surface area contributed by atoms with E-state index in [-0.39, 0.29) is 5.78 Å². The van der Waals surface area contributed by atoms with Crippen LogP contribution in [0.15, 0.2) is 48.4 Å². The molecule has 0 aliphatic carbocycles. The quantitative estimate of drug-likeness (QED) is 0.638. The Kier molecular flexibility index (Phi) is 5.02. The number of nitrogens with zero attached hydrogens (tertiary/aromatic N) is 1. The molecule has 0 unspecified atom stereocenters. The minimum Gasteiger partial charge on any atom is -0.493 e. The van der Waals surface area contributed by atoms with E-state index in [0.717, 1.165) is 54.0 Å². The van der Waals surface area contributed by atoms with Crippen LogP contribution in [0.1, 0.15) is 28.4 Å². The summed E-state index contributed by atoms with van der Waals surface area (Å²) in [6.07, 6.45) is 3.74. The fourth-order valence-corrected chi connectivity index (χ4v) is 4.18. The molecule has 0 radical (unpaired) electrons. The van der Waals surface area contributed by atoms with Gasteiger partial charge in [0.15, 0.2) is 5.76 Å². The molecule has 0 bridgehead atoms. The van der Waals surface area contributed by atoms with Gasteiger partial charge in [0.1, 0.15) is 11.5 Å². The van der Waals surface area contributed by atoms with Crippen molar-refractivity contribution in [3.63, 3.8) is 0 Å². The average Bonchev–Trinajstić information content (AvgIpc) is 3.32. The van der Waals surface area contributed by atoms with Crippen molar-refractivity contribution in [1.82, 2.24) is 15.2 Å². The van der Waals surface area contributed by atoms with Crippen molar-refractivity contribution in [2.45, 2.75) is 13.5 Å². The van der Waals surface area contributed by atoms with Gasteiger partial charge in [-0.15, -0.1) is 0 Å². The summed E-state index contributed by atoms with van der Waals surface area (Å²) in [4.78, 5) is 18.7. The van der Waals surface area contributed by atoms with E-state index in [9.17, 15) is 4.79 Å². The summed E-state index contributed by atoms with van der Waals surface area (Å²) in [5.74, 6) is 1.69. The second kappa shape index (κ2) is 7.97. The number of benzene rings is 2. The predicted octanol–water partition coefficient (Wildman–Crippen LogP) is 3.59. The van der Waals surface area contributed by atoms with Gasteiger partial charge in [-0.1, -0.05) is 18.2 Å². The zero-order chi connectivity index (χ0) is 20.5. The van der Waals surface area contributed by atoms with E-state index in [1.54, 1.807) is 0 Å². The van der Waals surface area contributed by atoms with E-state index in [2.05, 4.69) is 15.2 Å². The maximum Gasteiger partial charge on any atom is 0.231 e. The van der Waals surface area contributed by atoms with Crippen LogP contribution in [0.4, 0.5) is 0 Å². The molecule has 2 aliphatic heterocycles. The second-order valence-electron chi connectivity index (χ2n) is 7.61. The number of Topliss-reactive ketones (excluding diaryl/α,β-unsaturated/α-hetero) is 1. The number of aromatic amines is 1. The highest BCUT2D eigenvalue weighted by molar-refractivity contribution is 6.15. The van der Waals surface area contributed by atoms with Crippen LogP contribution in [0.5, 0.6) is 11.5 Å². The second-order valence-corrected chi connectivity index (χ2v) is 7.61. The lowest BCUT2D eigenvalue weighted by Gasteiger charge is -2.28. The first kappa shape index (κ1) is 18.9. The predicted molar refractivity (Wildman–Crippen MR) is 117 cm³/mol. The summed E-state index contributed by atoms with van der Waals surface area (Å²) in [5, 5.41) is 4.44. The minimum atomic E-state index is -0.0834. The van der Waals surface area contributed by atoms with Crippen LogP contribution in [0.3, 0.4) is 0 Å². The Bertz CT molecular complexity index is 1130. The van der Waals surface area contributed by atoms with Crippen molar-refractivity contribution in [1.29, 1.82) is 0 Å². The van der Waals surface area contributed by atoms with E-state index < -0.39 is 0 Å². The number of carbonyl (C=O) groups excluding carboxylic acids is 1. The minimum absolute atomic E-state index is 0.0834. The molecule has 0 atom stereocenters. The molecule has 1 fully saturated rings. The highest BCUT2D eigenvalue weighted by Gasteiger charge is 2.32. The Hall–Kier alpha value is -3.09. The molecule has 0 saturated carbocycles. The Balaban J connectivity index is 1.52. The van der Waals surface area contributed by atoms with Crippen molar-refractivity contribution >= 4 is 22.8 Å². The Morgan fingerprint density at radius 2 is 2.00 bits per heavy atom. The van der Waals surface area contributed by atoms with Crippen LogP contribution in [-0.4, -0.2) is 48.5 Å². The molecule has 5 rings (SSSR count). The number of fused-ring (bicyclic) bond motifs is 2. The van der Waals surface area contributed by atoms with Crippen LogP contribution >= 0.6 is 0 Å². The summed E-state index contributed by atoms with van der Waals surface area (Å²) in [6, 6.07) is 11.7. The molecule has 30 heavy (non-hydrogen) atoms. The Labute approximate surface area is 175 Å². The Morgan fingerprint density at radius 1 is 1.17 bits per heavy atom. The number of nitrogens with one attached hydrogen (secondary N) is 2. The number of H-pyrrole nitrogens is 1. The van der Waals surface area contributed by atoms with E-state index in [4.69, 9.17) is 9.47 Å². The van der Waals surface area contributed by atoms with Crippen LogP contribution in [0.25, 0.3) is 17.0 Å². The Morgan fingerprint density at radius 3 is 2.83 bits per heavy atom. The summed E-state index contributed by atoms with van der Waals surface area (Å²) in [5.41, 5.74) is 3.53. The number of ketones is 1. The van der Waals surface area contributed by atoms with E-state index in [1.807, 2.05) is 55.6 Å². The number of para-hydroxylation sites is 1. The van der Waals surface area contributed by atoms with Crippen molar-refractivity contribution in [3.8, 4) is 11.5 Å². The molecular weight excluding hydrogens is 378 g/mol. The summed E-state index contributed by atoms with van der Waals surface area (Å²) in [6.45, 7) is 7.08. The summed E-state index contributed by atoms with van der Waals surface area (Å²) in [7, 11) is 0. The van der Waals surface area contributed by atoms with Gasteiger partial charge in [0.25, 0.3) is 0 Å². The largest absolute Gasteiger partial charge is 0.493 e. The summed E-state index contributed by atoms with van der Waals surface area (Å²) >= 11 is 0. The van der Waals surface area contributed by atoms with Crippen molar-refractivity contribution < 1.29 is 14.3 Å². The fourth-order valence-electron chi connectivity index (χ4n) is 4.18. The lowest BCUT2D eigenvalue weighted by molar-refractivity contribution is 0.101. The lowest BCUT2D eigenvalue weighted by atomic mass is 10.0. The van der Waals surface area contributed by atoms with Gasteiger partial charge in [-0.05, 0) is 31.2 Å².